The monoisotopic (exact) mass is 246 g/mol. The summed E-state index contributed by atoms with van der Waals surface area (Å²) in [5, 5.41) is 13.5. The maximum absolute atomic E-state index is 10.0. The van der Waals surface area contributed by atoms with Crippen molar-refractivity contribution in [3.05, 3.63) is 29.8 Å². The van der Waals surface area contributed by atoms with Crippen molar-refractivity contribution < 1.29 is 5.11 Å². The average molecular weight is 246 g/mol. The van der Waals surface area contributed by atoms with E-state index in [9.17, 15) is 5.11 Å². The van der Waals surface area contributed by atoms with Crippen LogP contribution in [0, 0.1) is 5.92 Å². The molecule has 2 unspecified atom stereocenters. The van der Waals surface area contributed by atoms with E-state index in [2.05, 4.69) is 28.4 Å². The number of aliphatic hydroxyl groups excluding tert-OH is 1. The molecule has 2 aliphatic heterocycles. The van der Waals surface area contributed by atoms with Crippen molar-refractivity contribution in [1.82, 2.24) is 5.32 Å². The van der Waals surface area contributed by atoms with Crippen LogP contribution in [0.25, 0.3) is 0 Å². The Labute approximate surface area is 109 Å². The van der Waals surface area contributed by atoms with Gasteiger partial charge in [0.05, 0.1) is 6.10 Å². The smallest absolute Gasteiger partial charge is 0.0826 e. The summed E-state index contributed by atoms with van der Waals surface area (Å²) >= 11 is 0. The molecule has 0 aliphatic carbocycles. The molecule has 0 saturated carbocycles. The number of rotatable bonds is 2. The molecule has 0 bridgehead atoms. The lowest BCUT2D eigenvalue weighted by molar-refractivity contribution is 0.163. The van der Waals surface area contributed by atoms with Crippen molar-refractivity contribution in [3.8, 4) is 0 Å². The normalized spacial score (nSPS) is 27.9. The Morgan fingerprint density at radius 1 is 1.28 bits per heavy atom. The van der Waals surface area contributed by atoms with Crippen molar-refractivity contribution in [3.63, 3.8) is 0 Å². The number of hydrogen-bond donors (Lipinski definition) is 2. The van der Waals surface area contributed by atoms with Gasteiger partial charge in [0.25, 0.3) is 0 Å². The molecule has 0 spiro atoms. The molecule has 2 N–H and O–H groups in total. The summed E-state index contributed by atoms with van der Waals surface area (Å²) in [7, 11) is 0. The molecular weight excluding hydrogens is 224 g/mol. The van der Waals surface area contributed by atoms with Crippen molar-refractivity contribution in [2.75, 3.05) is 31.1 Å². The van der Waals surface area contributed by atoms with Gasteiger partial charge in [0.1, 0.15) is 0 Å². The molecule has 18 heavy (non-hydrogen) atoms. The van der Waals surface area contributed by atoms with Gasteiger partial charge >= 0.3 is 0 Å². The first-order chi connectivity index (χ1) is 8.84. The summed E-state index contributed by atoms with van der Waals surface area (Å²) in [5.74, 6) is 0.752. The van der Waals surface area contributed by atoms with Crippen molar-refractivity contribution >= 4 is 5.69 Å². The fourth-order valence-corrected chi connectivity index (χ4v) is 3.19. The fourth-order valence-electron chi connectivity index (χ4n) is 3.19. The third-order valence-electron chi connectivity index (χ3n) is 4.19. The van der Waals surface area contributed by atoms with Gasteiger partial charge in [-0.2, -0.15) is 0 Å². The van der Waals surface area contributed by atoms with Gasteiger partial charge in [0, 0.05) is 24.3 Å². The second kappa shape index (κ2) is 5.29. The van der Waals surface area contributed by atoms with Crippen LogP contribution in [0.2, 0.25) is 0 Å². The molecule has 2 aliphatic rings. The van der Waals surface area contributed by atoms with Crippen LogP contribution in [0.3, 0.4) is 0 Å². The molecule has 0 amide bonds. The van der Waals surface area contributed by atoms with Crippen LogP contribution < -0.4 is 10.2 Å². The first kappa shape index (κ1) is 12.0. The molecule has 1 aromatic carbocycles. The maximum atomic E-state index is 10.0. The number of piperidine rings is 1. The van der Waals surface area contributed by atoms with Crippen LogP contribution in [-0.4, -0.2) is 31.3 Å². The second-order valence-electron chi connectivity index (χ2n) is 5.52. The standard InChI is InChI=1S/C15H22N2O/c18-15-7-9-17(11-12-4-3-8-16-10-12)14-6-2-1-5-13(14)15/h1-2,5-6,12,15-16,18H,3-4,7-11H2. The van der Waals surface area contributed by atoms with Crippen molar-refractivity contribution in [2.45, 2.75) is 25.4 Å². The Morgan fingerprint density at radius 2 is 2.17 bits per heavy atom. The van der Waals surface area contributed by atoms with Gasteiger partial charge in [-0.25, -0.2) is 0 Å². The molecule has 0 aromatic heterocycles. The molecule has 2 atom stereocenters. The van der Waals surface area contributed by atoms with Gasteiger partial charge in [0.2, 0.25) is 0 Å². The van der Waals surface area contributed by atoms with Crippen LogP contribution in [0.1, 0.15) is 30.9 Å². The number of nitrogens with one attached hydrogen (secondary N) is 1. The topological polar surface area (TPSA) is 35.5 Å². The lowest BCUT2D eigenvalue weighted by Gasteiger charge is -2.37. The third kappa shape index (κ3) is 2.38. The lowest BCUT2D eigenvalue weighted by atomic mass is 9.95. The number of fused-ring (bicyclic) bond motifs is 1. The Bertz CT molecular complexity index is 401. The fraction of sp³-hybridized carbons (Fsp3) is 0.600. The average Bonchev–Trinajstić information content (AvgIpc) is 2.44. The number of nitrogens with zero attached hydrogens (tertiary/aromatic N) is 1. The highest BCUT2D eigenvalue weighted by Crippen LogP contribution is 2.34. The van der Waals surface area contributed by atoms with Crippen molar-refractivity contribution in [2.24, 2.45) is 5.92 Å². The van der Waals surface area contributed by atoms with E-state index >= 15 is 0 Å². The maximum Gasteiger partial charge on any atom is 0.0826 e. The molecule has 1 saturated heterocycles. The third-order valence-corrected chi connectivity index (χ3v) is 4.19. The highest BCUT2D eigenvalue weighted by atomic mass is 16.3. The second-order valence-corrected chi connectivity index (χ2v) is 5.52. The summed E-state index contributed by atoms with van der Waals surface area (Å²) in [6.45, 7) is 4.42. The van der Waals surface area contributed by atoms with Gasteiger partial charge in [-0.1, -0.05) is 18.2 Å². The minimum absolute atomic E-state index is 0.276. The molecule has 3 heteroatoms. The molecular formula is C15H22N2O. The van der Waals surface area contributed by atoms with Gasteiger partial charge in [0.15, 0.2) is 0 Å². The van der Waals surface area contributed by atoms with Crippen LogP contribution in [0.4, 0.5) is 5.69 Å². The van der Waals surface area contributed by atoms with Gasteiger partial charge in [-0.3, -0.25) is 0 Å². The Morgan fingerprint density at radius 3 is 3.00 bits per heavy atom. The molecule has 3 nitrogen and oxygen atoms in total. The van der Waals surface area contributed by atoms with Gasteiger partial charge < -0.3 is 15.3 Å². The first-order valence-electron chi connectivity index (χ1n) is 7.07. The van der Waals surface area contributed by atoms with Gasteiger partial charge in [-0.05, 0) is 44.3 Å². The molecule has 98 valence electrons. The first-order valence-corrected chi connectivity index (χ1v) is 7.07. The summed E-state index contributed by atoms with van der Waals surface area (Å²) < 4.78 is 0. The summed E-state index contributed by atoms with van der Waals surface area (Å²) in [6, 6.07) is 8.30. The zero-order valence-electron chi connectivity index (χ0n) is 10.8. The van der Waals surface area contributed by atoms with E-state index in [4.69, 9.17) is 0 Å². The summed E-state index contributed by atoms with van der Waals surface area (Å²) in [5.41, 5.74) is 2.34. The quantitative estimate of drug-likeness (QED) is 0.837. The number of benzene rings is 1. The van der Waals surface area contributed by atoms with Crippen LogP contribution >= 0.6 is 0 Å². The van der Waals surface area contributed by atoms with E-state index in [-0.39, 0.29) is 6.10 Å². The summed E-state index contributed by atoms with van der Waals surface area (Å²) in [4.78, 5) is 2.46. The van der Waals surface area contributed by atoms with Crippen LogP contribution in [0.5, 0.6) is 0 Å². The highest BCUT2D eigenvalue weighted by molar-refractivity contribution is 5.56. The van der Waals surface area contributed by atoms with Gasteiger partial charge in [-0.15, -0.1) is 0 Å². The molecule has 3 rings (SSSR count). The number of para-hydroxylation sites is 1. The van der Waals surface area contributed by atoms with Crippen LogP contribution in [-0.2, 0) is 0 Å². The summed E-state index contributed by atoms with van der Waals surface area (Å²) in [6.07, 6.45) is 3.20. The minimum atomic E-state index is -0.276. The largest absolute Gasteiger partial charge is 0.388 e. The molecule has 0 radical (unpaired) electrons. The van der Waals surface area contributed by atoms with E-state index in [1.807, 2.05) is 6.07 Å². The minimum Gasteiger partial charge on any atom is -0.388 e. The van der Waals surface area contributed by atoms with Crippen LogP contribution in [0.15, 0.2) is 24.3 Å². The molecule has 1 aromatic rings. The zero-order valence-corrected chi connectivity index (χ0v) is 10.8. The zero-order chi connectivity index (χ0) is 12.4. The van der Waals surface area contributed by atoms with E-state index in [0.717, 1.165) is 37.5 Å². The van der Waals surface area contributed by atoms with E-state index in [1.165, 1.54) is 25.1 Å². The lowest BCUT2D eigenvalue weighted by Crippen LogP contribution is -2.40. The number of hydrogen-bond acceptors (Lipinski definition) is 3. The van der Waals surface area contributed by atoms with E-state index in [0.29, 0.717) is 0 Å². The SMILES string of the molecule is OC1CCN(CC2CCCNC2)c2ccccc21. The predicted molar refractivity (Wildman–Crippen MR) is 73.8 cm³/mol. The van der Waals surface area contributed by atoms with E-state index in [1.54, 1.807) is 0 Å². The highest BCUT2D eigenvalue weighted by Gasteiger charge is 2.25. The predicted octanol–water partition coefficient (Wildman–Crippen LogP) is 1.93. The molecule has 1 fully saturated rings. The van der Waals surface area contributed by atoms with Crippen molar-refractivity contribution in [1.29, 1.82) is 0 Å². The Balaban J connectivity index is 1.75. The molecule has 2 heterocycles. The number of aliphatic hydroxyl groups is 1. The Hall–Kier alpha value is -1.06. The number of anilines is 1. The Kier molecular flexibility index (Phi) is 3.52. The van der Waals surface area contributed by atoms with E-state index < -0.39 is 0 Å².